The van der Waals surface area contributed by atoms with Crippen LogP contribution in [0.5, 0.6) is 5.75 Å². The van der Waals surface area contributed by atoms with Gasteiger partial charge in [-0.05, 0) is 61.6 Å². The molecule has 1 saturated heterocycles. The van der Waals surface area contributed by atoms with Crippen molar-refractivity contribution in [2.45, 2.75) is 45.2 Å². The zero-order chi connectivity index (χ0) is 26.7. The average molecular weight is 546 g/mol. The lowest BCUT2D eigenvalue weighted by atomic mass is 10.0. The maximum Gasteiger partial charge on any atom is 0.415 e. The number of nitrogens with one attached hydrogen (secondary N) is 2. The molecule has 9 nitrogen and oxygen atoms in total. The maximum atomic E-state index is 13.2. The van der Waals surface area contributed by atoms with Crippen molar-refractivity contribution in [1.29, 1.82) is 0 Å². The molecule has 1 aliphatic heterocycles. The summed E-state index contributed by atoms with van der Waals surface area (Å²) >= 11 is 12.2. The first-order valence-corrected chi connectivity index (χ1v) is 12.9. The Hall–Kier alpha value is -3.14. The fourth-order valence-electron chi connectivity index (χ4n) is 4.42. The Bertz CT molecular complexity index is 1380. The molecule has 0 unspecified atom stereocenters. The van der Waals surface area contributed by atoms with Crippen LogP contribution in [0.25, 0.3) is 22.3 Å². The van der Waals surface area contributed by atoms with Crippen molar-refractivity contribution in [2.75, 3.05) is 13.1 Å². The number of aromatic nitrogens is 2. The zero-order valence-corrected chi connectivity index (χ0v) is 22.1. The van der Waals surface area contributed by atoms with Gasteiger partial charge in [0.25, 0.3) is 5.56 Å². The first-order valence-electron chi connectivity index (χ1n) is 12.1. The molecule has 1 aromatic heterocycles. The topological polar surface area (TPSA) is 130 Å². The molecule has 0 aliphatic carbocycles. The number of carbonyl (C=O) groups is 2. The van der Waals surface area contributed by atoms with Crippen molar-refractivity contribution in [3.63, 3.8) is 0 Å². The van der Waals surface area contributed by atoms with E-state index >= 15 is 0 Å². The molecule has 1 fully saturated rings. The van der Waals surface area contributed by atoms with E-state index in [4.69, 9.17) is 33.7 Å². The molecule has 0 saturated carbocycles. The Balaban J connectivity index is 1.52. The lowest BCUT2D eigenvalue weighted by Gasteiger charge is -2.25. The predicted molar refractivity (Wildman–Crippen MR) is 144 cm³/mol. The molecule has 0 radical (unpaired) electrons. The van der Waals surface area contributed by atoms with Crippen LogP contribution in [0.3, 0.4) is 0 Å². The number of ether oxygens (including phenoxy) is 1. The number of halogens is 2. The molecule has 1 aliphatic rings. The summed E-state index contributed by atoms with van der Waals surface area (Å²) in [7, 11) is 0. The van der Waals surface area contributed by atoms with Gasteiger partial charge in [-0.3, -0.25) is 9.59 Å². The van der Waals surface area contributed by atoms with Crippen LogP contribution in [-0.2, 0) is 4.79 Å². The van der Waals surface area contributed by atoms with Crippen LogP contribution in [0.15, 0.2) is 41.2 Å². The molecule has 0 bridgehead atoms. The number of amides is 2. The van der Waals surface area contributed by atoms with Crippen molar-refractivity contribution in [3.8, 4) is 17.1 Å². The fraction of sp³-hybridized carbons (Fsp3) is 0.385. The van der Waals surface area contributed by atoms with E-state index in [0.29, 0.717) is 45.4 Å². The minimum absolute atomic E-state index is 0.194. The van der Waals surface area contributed by atoms with Crippen LogP contribution in [0, 0.1) is 5.92 Å². The van der Waals surface area contributed by atoms with Gasteiger partial charge in [0.15, 0.2) is 0 Å². The maximum absolute atomic E-state index is 13.2. The number of aromatic amines is 1. The zero-order valence-electron chi connectivity index (χ0n) is 20.6. The SMILES string of the molecule is CC(C)C[C@H](N)C(=O)NC[C@@H]1CCCN1C(=O)Oc1ccc(Cl)cc1-c1nc2ccc(Cl)cc2c(=O)[nH]1. The molecule has 11 heteroatoms. The number of hydrogen-bond acceptors (Lipinski definition) is 6. The number of benzene rings is 2. The van der Waals surface area contributed by atoms with E-state index in [9.17, 15) is 14.4 Å². The number of carbonyl (C=O) groups excluding carboxylic acids is 2. The Kier molecular flexibility index (Phi) is 8.36. The quantitative estimate of drug-likeness (QED) is 0.404. The first-order chi connectivity index (χ1) is 17.6. The Morgan fingerprint density at radius 1 is 1.22 bits per heavy atom. The average Bonchev–Trinajstić information content (AvgIpc) is 3.32. The van der Waals surface area contributed by atoms with Gasteiger partial charge >= 0.3 is 6.09 Å². The van der Waals surface area contributed by atoms with Crippen molar-refractivity contribution >= 4 is 46.1 Å². The monoisotopic (exact) mass is 545 g/mol. The summed E-state index contributed by atoms with van der Waals surface area (Å²) < 4.78 is 5.75. The molecule has 4 N–H and O–H groups in total. The Labute approximate surface area is 224 Å². The summed E-state index contributed by atoms with van der Waals surface area (Å²) in [6.07, 6.45) is 1.52. The number of rotatable bonds is 7. The third-order valence-corrected chi connectivity index (χ3v) is 6.72. The Morgan fingerprint density at radius 2 is 1.95 bits per heavy atom. The van der Waals surface area contributed by atoms with Gasteiger partial charge < -0.3 is 25.7 Å². The summed E-state index contributed by atoms with van der Waals surface area (Å²) in [5.41, 5.74) is 6.38. The van der Waals surface area contributed by atoms with E-state index in [1.165, 1.54) is 6.07 Å². The van der Waals surface area contributed by atoms with E-state index in [0.717, 1.165) is 12.8 Å². The van der Waals surface area contributed by atoms with Gasteiger partial charge in [-0.25, -0.2) is 9.78 Å². The Morgan fingerprint density at radius 3 is 2.70 bits per heavy atom. The van der Waals surface area contributed by atoms with Crippen molar-refractivity contribution in [1.82, 2.24) is 20.2 Å². The summed E-state index contributed by atoms with van der Waals surface area (Å²) in [5, 5.41) is 4.00. The first kappa shape index (κ1) is 26.9. The van der Waals surface area contributed by atoms with E-state index < -0.39 is 12.1 Å². The summed E-state index contributed by atoms with van der Waals surface area (Å²) in [4.78, 5) is 47.0. The highest BCUT2D eigenvalue weighted by Crippen LogP contribution is 2.32. The molecule has 37 heavy (non-hydrogen) atoms. The molecular weight excluding hydrogens is 517 g/mol. The molecule has 2 atom stereocenters. The van der Waals surface area contributed by atoms with Gasteiger partial charge in [0.2, 0.25) is 5.91 Å². The predicted octanol–water partition coefficient (Wildman–Crippen LogP) is 4.35. The number of nitrogens with two attached hydrogens (primary N) is 1. The highest BCUT2D eigenvalue weighted by molar-refractivity contribution is 6.31. The number of fused-ring (bicyclic) bond motifs is 1. The third kappa shape index (κ3) is 6.41. The number of H-pyrrole nitrogens is 1. The fourth-order valence-corrected chi connectivity index (χ4v) is 4.76. The summed E-state index contributed by atoms with van der Waals surface area (Å²) in [6.45, 7) is 4.79. The second-order valence-electron chi connectivity index (χ2n) is 9.56. The van der Waals surface area contributed by atoms with E-state index in [1.54, 1.807) is 35.2 Å². The standard InChI is InChI=1S/C26H29Cl2N5O4/c1-14(2)10-20(29)25(35)30-13-17-4-3-9-33(17)26(36)37-22-8-6-16(28)12-19(22)23-31-21-7-5-15(27)11-18(21)24(34)32-23/h5-8,11-12,14,17,20H,3-4,9-10,13,29H2,1-2H3,(H,30,35)(H,31,32,34)/t17-,20-/m0/s1. The van der Waals surface area contributed by atoms with Gasteiger partial charge in [0.1, 0.15) is 11.6 Å². The third-order valence-electron chi connectivity index (χ3n) is 6.25. The lowest BCUT2D eigenvalue weighted by Crippen LogP contribution is -2.48. The van der Waals surface area contributed by atoms with Crippen LogP contribution < -0.4 is 21.3 Å². The number of nitrogens with zero attached hydrogens (tertiary/aromatic N) is 2. The molecule has 2 heterocycles. The normalized spacial score (nSPS) is 16.3. The van der Waals surface area contributed by atoms with Crippen molar-refractivity contribution < 1.29 is 14.3 Å². The highest BCUT2D eigenvalue weighted by Gasteiger charge is 2.31. The van der Waals surface area contributed by atoms with Crippen LogP contribution in [0.1, 0.15) is 33.1 Å². The lowest BCUT2D eigenvalue weighted by molar-refractivity contribution is -0.122. The number of likely N-dealkylation sites (tertiary alicyclic amines) is 1. The van der Waals surface area contributed by atoms with Gasteiger partial charge in [-0.1, -0.05) is 37.0 Å². The molecule has 0 spiro atoms. The number of hydrogen-bond donors (Lipinski definition) is 3. The summed E-state index contributed by atoms with van der Waals surface area (Å²) in [5.74, 6) is 0.465. The molecule has 3 aromatic rings. The van der Waals surface area contributed by atoms with Crippen molar-refractivity contribution in [3.05, 3.63) is 56.8 Å². The smallest absolute Gasteiger partial charge is 0.409 e. The second kappa shape index (κ2) is 11.5. The molecule has 2 aromatic carbocycles. The van der Waals surface area contributed by atoms with Gasteiger partial charge in [0.05, 0.1) is 28.6 Å². The minimum Gasteiger partial charge on any atom is -0.409 e. The van der Waals surface area contributed by atoms with Crippen LogP contribution in [-0.4, -0.2) is 52.0 Å². The minimum atomic E-state index is -0.592. The van der Waals surface area contributed by atoms with Crippen molar-refractivity contribution in [2.24, 2.45) is 11.7 Å². The summed E-state index contributed by atoms with van der Waals surface area (Å²) in [6, 6.07) is 8.72. The van der Waals surface area contributed by atoms with E-state index in [-0.39, 0.29) is 35.6 Å². The highest BCUT2D eigenvalue weighted by atomic mass is 35.5. The van der Waals surface area contributed by atoms with E-state index in [2.05, 4.69) is 15.3 Å². The van der Waals surface area contributed by atoms with Gasteiger partial charge in [0, 0.05) is 23.1 Å². The second-order valence-corrected chi connectivity index (χ2v) is 10.4. The molecule has 2 amide bonds. The molecular formula is C26H29Cl2N5O4. The van der Waals surface area contributed by atoms with Crippen LogP contribution in [0.2, 0.25) is 10.0 Å². The van der Waals surface area contributed by atoms with E-state index in [1.807, 2.05) is 13.8 Å². The van der Waals surface area contributed by atoms with Gasteiger partial charge in [-0.15, -0.1) is 0 Å². The molecule has 4 rings (SSSR count). The molecule has 196 valence electrons. The van der Waals surface area contributed by atoms with Crippen LogP contribution in [0.4, 0.5) is 4.79 Å². The van der Waals surface area contributed by atoms with Crippen LogP contribution >= 0.6 is 23.2 Å². The van der Waals surface area contributed by atoms with Gasteiger partial charge in [-0.2, -0.15) is 0 Å². The largest absolute Gasteiger partial charge is 0.415 e.